The molecular formula is C35H35N3O5. The molecule has 0 radical (unpaired) electrons. The zero-order chi connectivity index (χ0) is 29.4. The Hall–Kier alpha value is -4.82. The Bertz CT molecular complexity index is 1360. The first-order valence-electron chi connectivity index (χ1n) is 14.6. The van der Waals surface area contributed by atoms with Crippen molar-refractivity contribution >= 4 is 12.2 Å². The number of hydrogen-bond acceptors (Lipinski definition) is 6. The largest absolute Gasteiger partial charge is 0.475 e. The summed E-state index contributed by atoms with van der Waals surface area (Å²) in [7, 11) is 0. The number of hydrogen-bond donors (Lipinski definition) is 0. The molecule has 3 unspecified atom stereocenters. The molecule has 4 aromatic rings. The van der Waals surface area contributed by atoms with E-state index in [1.807, 2.05) is 109 Å². The minimum Gasteiger partial charge on any atom is -0.475 e. The molecule has 0 spiro atoms. The fraction of sp³-hybridized carbons (Fsp3) is 0.257. The summed E-state index contributed by atoms with van der Waals surface area (Å²) in [6.45, 7) is 1.25. The highest BCUT2D eigenvalue weighted by atomic mass is 16.6. The molecule has 2 saturated heterocycles. The summed E-state index contributed by atoms with van der Waals surface area (Å²) in [4.78, 5) is 29.4. The second-order valence-electron chi connectivity index (χ2n) is 10.8. The van der Waals surface area contributed by atoms with Crippen molar-refractivity contribution in [3.05, 3.63) is 138 Å². The number of nitrogens with zero attached hydrogens (tertiary/aromatic N) is 3. The predicted molar refractivity (Wildman–Crippen MR) is 162 cm³/mol. The van der Waals surface area contributed by atoms with Crippen LogP contribution in [0.2, 0.25) is 0 Å². The topological polar surface area (TPSA) is 71.6 Å². The molecule has 2 bridgehead atoms. The van der Waals surface area contributed by atoms with E-state index in [1.165, 1.54) is 10.0 Å². The molecule has 0 aliphatic carbocycles. The summed E-state index contributed by atoms with van der Waals surface area (Å²) >= 11 is 0. The van der Waals surface area contributed by atoms with E-state index in [0.717, 1.165) is 22.4 Å². The SMILES string of the molecule is O=C(OCc1ccccc1)N1C2CC(CN(C(Cc3ccccc3)Oc3ccccc3)C2)N1C(=O)OCc1ccccc1. The van der Waals surface area contributed by atoms with Gasteiger partial charge in [-0.2, -0.15) is 0 Å². The van der Waals surface area contributed by atoms with Gasteiger partial charge in [-0.05, 0) is 35.2 Å². The van der Waals surface area contributed by atoms with E-state index in [-0.39, 0.29) is 31.5 Å². The number of ether oxygens (including phenoxy) is 3. The Morgan fingerprint density at radius 3 is 1.49 bits per heavy atom. The molecule has 3 atom stereocenters. The summed E-state index contributed by atoms with van der Waals surface area (Å²) in [6.07, 6.45) is -0.179. The van der Waals surface area contributed by atoms with Crippen LogP contribution in [0.3, 0.4) is 0 Å². The molecule has 8 nitrogen and oxygen atoms in total. The van der Waals surface area contributed by atoms with Crippen LogP contribution in [0.5, 0.6) is 5.75 Å². The molecule has 43 heavy (non-hydrogen) atoms. The quantitative estimate of drug-likeness (QED) is 0.233. The lowest BCUT2D eigenvalue weighted by Crippen LogP contribution is -2.51. The fourth-order valence-electron chi connectivity index (χ4n) is 5.78. The smallest absolute Gasteiger partial charge is 0.429 e. The van der Waals surface area contributed by atoms with Crippen molar-refractivity contribution in [2.45, 2.75) is 44.4 Å². The molecule has 0 N–H and O–H groups in total. The van der Waals surface area contributed by atoms with Gasteiger partial charge in [0.05, 0.1) is 12.1 Å². The average molecular weight is 578 g/mol. The standard InChI is InChI=1S/C35H35N3O5/c39-34(41-25-28-15-7-2-8-16-28)37-30-22-31(38(37)35(40)42-26-29-17-9-3-10-18-29)24-36(23-30)33(21-27-13-5-1-6-14-27)43-32-19-11-4-12-20-32/h1-20,30-31,33H,21-26H2. The molecule has 2 amide bonds. The van der Waals surface area contributed by atoms with Crippen molar-refractivity contribution in [1.82, 2.24) is 14.9 Å². The van der Waals surface area contributed by atoms with Crippen molar-refractivity contribution in [3.8, 4) is 5.75 Å². The third-order valence-electron chi connectivity index (χ3n) is 7.82. The predicted octanol–water partition coefficient (Wildman–Crippen LogP) is 6.28. The van der Waals surface area contributed by atoms with Gasteiger partial charge < -0.3 is 14.2 Å². The molecule has 0 saturated carbocycles. The Kier molecular flexibility index (Phi) is 8.85. The van der Waals surface area contributed by atoms with Crippen molar-refractivity contribution < 1.29 is 23.8 Å². The van der Waals surface area contributed by atoms with Gasteiger partial charge in [0.1, 0.15) is 19.0 Å². The number of para-hydroxylation sites is 1. The van der Waals surface area contributed by atoms with Crippen molar-refractivity contribution in [2.24, 2.45) is 0 Å². The second kappa shape index (κ2) is 13.4. The zero-order valence-corrected chi connectivity index (χ0v) is 23.9. The monoisotopic (exact) mass is 577 g/mol. The Labute approximate surface area is 252 Å². The van der Waals surface area contributed by atoms with Crippen LogP contribution in [0.1, 0.15) is 23.1 Å². The molecule has 4 aromatic carbocycles. The van der Waals surface area contributed by atoms with E-state index >= 15 is 0 Å². The highest BCUT2D eigenvalue weighted by Crippen LogP contribution is 2.34. The molecular weight excluding hydrogens is 542 g/mol. The maximum Gasteiger partial charge on any atom is 0.429 e. The molecule has 8 heteroatoms. The van der Waals surface area contributed by atoms with Crippen LogP contribution in [-0.4, -0.2) is 58.5 Å². The summed E-state index contributed by atoms with van der Waals surface area (Å²) in [5, 5.41) is 2.92. The summed E-state index contributed by atoms with van der Waals surface area (Å²) in [6, 6.07) is 38.4. The number of carbonyl (C=O) groups is 2. The average Bonchev–Trinajstić information content (AvgIpc) is 3.33. The number of hydrazine groups is 1. The minimum atomic E-state index is -0.571. The van der Waals surface area contributed by atoms with Crippen LogP contribution in [0, 0.1) is 0 Å². The summed E-state index contributed by atoms with van der Waals surface area (Å²) in [5.41, 5.74) is 2.88. The van der Waals surface area contributed by atoms with Crippen LogP contribution in [0.25, 0.3) is 0 Å². The normalized spacial score (nSPS) is 18.6. The molecule has 2 aliphatic rings. The number of carbonyl (C=O) groups excluding carboxylic acids is 2. The van der Waals surface area contributed by atoms with Gasteiger partial charge >= 0.3 is 12.2 Å². The zero-order valence-electron chi connectivity index (χ0n) is 23.9. The fourth-order valence-corrected chi connectivity index (χ4v) is 5.78. The Balaban J connectivity index is 1.24. The Morgan fingerprint density at radius 2 is 1.02 bits per heavy atom. The maximum atomic E-state index is 13.6. The van der Waals surface area contributed by atoms with E-state index in [4.69, 9.17) is 14.2 Å². The number of piperidine rings is 1. The van der Waals surface area contributed by atoms with Gasteiger partial charge in [-0.15, -0.1) is 0 Å². The van der Waals surface area contributed by atoms with Crippen molar-refractivity contribution in [1.29, 1.82) is 0 Å². The van der Waals surface area contributed by atoms with Gasteiger partial charge in [-0.1, -0.05) is 109 Å². The van der Waals surface area contributed by atoms with Crippen LogP contribution < -0.4 is 4.74 Å². The van der Waals surface area contributed by atoms with Crippen LogP contribution in [0.4, 0.5) is 9.59 Å². The number of benzene rings is 4. The third kappa shape index (κ3) is 6.98. The van der Waals surface area contributed by atoms with E-state index in [2.05, 4.69) is 17.0 Å². The number of likely N-dealkylation sites (tertiary alicyclic amines) is 1. The minimum absolute atomic E-state index is 0.109. The summed E-state index contributed by atoms with van der Waals surface area (Å²) in [5.74, 6) is 0.764. The Morgan fingerprint density at radius 1 is 0.605 bits per heavy atom. The van der Waals surface area contributed by atoms with Gasteiger partial charge in [0.25, 0.3) is 0 Å². The van der Waals surface area contributed by atoms with Gasteiger partial charge in [0.2, 0.25) is 0 Å². The van der Waals surface area contributed by atoms with Crippen molar-refractivity contribution in [3.63, 3.8) is 0 Å². The lowest BCUT2D eigenvalue weighted by molar-refractivity contribution is -0.0199. The molecule has 6 rings (SSSR count). The lowest BCUT2D eigenvalue weighted by atomic mass is 10.0. The van der Waals surface area contributed by atoms with Crippen LogP contribution in [0.15, 0.2) is 121 Å². The molecule has 2 fully saturated rings. The van der Waals surface area contributed by atoms with Crippen molar-refractivity contribution in [2.75, 3.05) is 13.1 Å². The number of rotatable bonds is 9. The number of amides is 2. The molecule has 0 aromatic heterocycles. The second-order valence-corrected chi connectivity index (χ2v) is 10.8. The van der Waals surface area contributed by atoms with Gasteiger partial charge in [0.15, 0.2) is 6.23 Å². The summed E-state index contributed by atoms with van der Waals surface area (Å²) < 4.78 is 18.0. The molecule has 2 heterocycles. The lowest BCUT2D eigenvalue weighted by Gasteiger charge is -2.37. The van der Waals surface area contributed by atoms with E-state index in [1.54, 1.807) is 0 Å². The van der Waals surface area contributed by atoms with Gasteiger partial charge in [-0.3, -0.25) is 4.90 Å². The van der Waals surface area contributed by atoms with Gasteiger partial charge in [-0.25, -0.2) is 19.6 Å². The van der Waals surface area contributed by atoms with Crippen LogP contribution >= 0.6 is 0 Å². The van der Waals surface area contributed by atoms with Gasteiger partial charge in [0, 0.05) is 19.5 Å². The maximum absolute atomic E-state index is 13.6. The first-order chi connectivity index (χ1) is 21.1. The first-order valence-corrected chi connectivity index (χ1v) is 14.6. The number of fused-ring (bicyclic) bond motifs is 2. The highest BCUT2D eigenvalue weighted by Gasteiger charge is 2.52. The van der Waals surface area contributed by atoms with E-state index < -0.39 is 12.2 Å². The van der Waals surface area contributed by atoms with E-state index in [9.17, 15) is 9.59 Å². The molecule has 220 valence electrons. The molecule has 2 aliphatic heterocycles. The third-order valence-corrected chi connectivity index (χ3v) is 7.82. The highest BCUT2D eigenvalue weighted by molar-refractivity contribution is 5.76. The van der Waals surface area contributed by atoms with Crippen LogP contribution in [-0.2, 0) is 29.1 Å². The first kappa shape index (κ1) is 28.3. The van der Waals surface area contributed by atoms with E-state index in [0.29, 0.717) is 25.9 Å².